The van der Waals surface area contributed by atoms with Gasteiger partial charge < -0.3 is 5.32 Å². The summed E-state index contributed by atoms with van der Waals surface area (Å²) in [5.41, 5.74) is 1.51. The van der Waals surface area contributed by atoms with E-state index in [2.05, 4.69) is 10.0 Å². The average Bonchev–Trinajstić information content (AvgIpc) is 2.54. The molecule has 25 heavy (non-hydrogen) atoms. The molecule has 2 N–H and O–H groups in total. The first kappa shape index (κ1) is 19.4. The lowest BCUT2D eigenvalue weighted by atomic mass is 9.88. The first-order valence-electron chi connectivity index (χ1n) is 8.65. The first-order valence-corrected chi connectivity index (χ1v) is 10.1. The highest BCUT2D eigenvalue weighted by Gasteiger charge is 2.27. The van der Waals surface area contributed by atoms with Gasteiger partial charge in [0.25, 0.3) is 15.9 Å². The molecule has 1 atom stereocenters. The number of hydrogen-bond acceptors (Lipinski definition) is 4. The Morgan fingerprint density at radius 3 is 2.36 bits per heavy atom. The molecule has 0 aliphatic heterocycles. The molecule has 0 heterocycles. The highest BCUT2D eigenvalue weighted by molar-refractivity contribution is 7.90. The number of sulfonamides is 1. The van der Waals surface area contributed by atoms with Crippen molar-refractivity contribution in [2.45, 2.75) is 63.8 Å². The Balaban J connectivity index is 2.00. The Morgan fingerprint density at radius 1 is 1.12 bits per heavy atom. The minimum absolute atomic E-state index is 0.0669. The minimum Gasteiger partial charge on any atom is -0.344 e. The van der Waals surface area contributed by atoms with E-state index < -0.39 is 22.0 Å². The van der Waals surface area contributed by atoms with Crippen molar-refractivity contribution in [2.75, 3.05) is 0 Å². The molecule has 0 radical (unpaired) electrons. The quantitative estimate of drug-likeness (QED) is 0.835. The van der Waals surface area contributed by atoms with Crippen LogP contribution in [0.25, 0.3) is 0 Å². The van der Waals surface area contributed by atoms with E-state index >= 15 is 0 Å². The van der Waals surface area contributed by atoms with Crippen LogP contribution in [0, 0.1) is 19.8 Å². The van der Waals surface area contributed by atoms with Crippen molar-refractivity contribution in [1.82, 2.24) is 10.0 Å². The summed E-state index contributed by atoms with van der Waals surface area (Å²) in [5.74, 6) is -0.990. The third-order valence-electron chi connectivity index (χ3n) is 4.58. The van der Waals surface area contributed by atoms with Gasteiger partial charge in [0.15, 0.2) is 0 Å². The van der Waals surface area contributed by atoms with Crippen LogP contribution >= 0.6 is 0 Å². The van der Waals surface area contributed by atoms with Crippen LogP contribution in [-0.4, -0.2) is 26.3 Å². The highest BCUT2D eigenvalue weighted by Crippen LogP contribution is 2.23. The molecule has 6 nitrogen and oxygen atoms in total. The number of aryl methyl sites for hydroxylation is 2. The zero-order valence-corrected chi connectivity index (χ0v) is 15.8. The van der Waals surface area contributed by atoms with Crippen molar-refractivity contribution in [3.05, 3.63) is 29.3 Å². The molecular weight excluding hydrogens is 340 g/mol. The lowest BCUT2D eigenvalue weighted by Gasteiger charge is -2.23. The molecule has 1 aliphatic carbocycles. The van der Waals surface area contributed by atoms with E-state index in [-0.39, 0.29) is 16.7 Å². The number of carbonyl (C=O) groups is 2. The van der Waals surface area contributed by atoms with E-state index in [1.54, 1.807) is 19.1 Å². The average molecular weight is 366 g/mol. The molecular formula is C18H26N2O4S. The molecule has 0 bridgehead atoms. The molecule has 1 aromatic carbocycles. The molecule has 2 amide bonds. The summed E-state index contributed by atoms with van der Waals surface area (Å²) in [6, 6.07) is 3.99. The normalized spacial score (nSPS) is 16.9. The van der Waals surface area contributed by atoms with Gasteiger partial charge in [0.1, 0.15) is 6.04 Å². The van der Waals surface area contributed by atoms with Gasteiger partial charge in [0.05, 0.1) is 4.90 Å². The fourth-order valence-electron chi connectivity index (χ4n) is 3.14. The molecule has 2 rings (SSSR count). The monoisotopic (exact) mass is 366 g/mol. The second-order valence-electron chi connectivity index (χ2n) is 6.80. The largest absolute Gasteiger partial charge is 0.344 e. The van der Waals surface area contributed by atoms with Gasteiger partial charge in [-0.15, -0.1) is 0 Å². The molecule has 1 fully saturated rings. The van der Waals surface area contributed by atoms with Crippen LogP contribution < -0.4 is 10.0 Å². The van der Waals surface area contributed by atoms with Gasteiger partial charge in [-0.3, -0.25) is 9.59 Å². The number of benzene rings is 1. The molecule has 1 saturated carbocycles. The van der Waals surface area contributed by atoms with Gasteiger partial charge in [-0.25, -0.2) is 13.1 Å². The van der Waals surface area contributed by atoms with Crippen LogP contribution in [0.5, 0.6) is 0 Å². The fraction of sp³-hybridized carbons (Fsp3) is 0.556. The zero-order valence-electron chi connectivity index (χ0n) is 15.0. The van der Waals surface area contributed by atoms with Crippen LogP contribution in [0.3, 0.4) is 0 Å². The third-order valence-corrected chi connectivity index (χ3v) is 6.09. The smallest absolute Gasteiger partial charge is 0.264 e. The standard InChI is InChI=1S/C18H26N2O4S/c1-12-9-10-16(13(2)11-12)25(23,24)20-17(21)14(3)19-18(22)15-7-5-4-6-8-15/h9-11,14-15H,4-8H2,1-3H3,(H,19,22)(H,20,21). The van der Waals surface area contributed by atoms with Crippen LogP contribution in [-0.2, 0) is 19.6 Å². The topological polar surface area (TPSA) is 92.3 Å². The van der Waals surface area contributed by atoms with E-state index in [4.69, 9.17) is 0 Å². The second kappa shape index (κ2) is 7.99. The molecule has 0 aromatic heterocycles. The summed E-state index contributed by atoms with van der Waals surface area (Å²) in [7, 11) is -3.96. The maximum absolute atomic E-state index is 12.4. The molecule has 0 saturated heterocycles. The van der Waals surface area contributed by atoms with Gasteiger partial charge in [0, 0.05) is 5.92 Å². The predicted octanol–water partition coefficient (Wildman–Crippen LogP) is 2.19. The molecule has 138 valence electrons. The van der Waals surface area contributed by atoms with E-state index in [1.165, 1.54) is 13.0 Å². The van der Waals surface area contributed by atoms with E-state index in [0.29, 0.717) is 5.56 Å². The SMILES string of the molecule is Cc1ccc(S(=O)(=O)NC(=O)C(C)NC(=O)C2CCCCC2)c(C)c1. The van der Waals surface area contributed by atoms with Gasteiger partial charge in [-0.1, -0.05) is 37.0 Å². The summed E-state index contributed by atoms with van der Waals surface area (Å²) < 4.78 is 26.9. The predicted molar refractivity (Wildman–Crippen MR) is 95.4 cm³/mol. The van der Waals surface area contributed by atoms with Crippen molar-refractivity contribution < 1.29 is 18.0 Å². The summed E-state index contributed by atoms with van der Waals surface area (Å²) in [4.78, 5) is 24.5. The van der Waals surface area contributed by atoms with Crippen molar-refractivity contribution in [2.24, 2.45) is 5.92 Å². The van der Waals surface area contributed by atoms with Gasteiger partial charge in [-0.05, 0) is 45.2 Å². The molecule has 7 heteroatoms. The van der Waals surface area contributed by atoms with E-state index in [1.807, 2.05) is 6.92 Å². The number of amides is 2. The van der Waals surface area contributed by atoms with Crippen molar-refractivity contribution in [1.29, 1.82) is 0 Å². The van der Waals surface area contributed by atoms with E-state index in [9.17, 15) is 18.0 Å². The van der Waals surface area contributed by atoms with Crippen LogP contribution in [0.15, 0.2) is 23.1 Å². The Morgan fingerprint density at radius 2 is 1.76 bits per heavy atom. The van der Waals surface area contributed by atoms with Crippen molar-refractivity contribution in [3.63, 3.8) is 0 Å². The van der Waals surface area contributed by atoms with Crippen molar-refractivity contribution in [3.8, 4) is 0 Å². The number of hydrogen-bond donors (Lipinski definition) is 2. The Labute approximate surface area is 149 Å². The van der Waals surface area contributed by atoms with Crippen LogP contribution in [0.4, 0.5) is 0 Å². The highest BCUT2D eigenvalue weighted by atomic mass is 32.2. The zero-order chi connectivity index (χ0) is 18.6. The lowest BCUT2D eigenvalue weighted by molar-refractivity contribution is -0.130. The van der Waals surface area contributed by atoms with Gasteiger partial charge in [0.2, 0.25) is 5.91 Å². The Bertz CT molecular complexity index is 752. The molecule has 1 aliphatic rings. The summed E-state index contributed by atoms with van der Waals surface area (Å²) in [5, 5.41) is 2.63. The molecule has 0 spiro atoms. The number of carbonyl (C=O) groups excluding carboxylic acids is 2. The first-order chi connectivity index (χ1) is 11.7. The molecule has 1 aromatic rings. The van der Waals surface area contributed by atoms with Gasteiger partial charge in [-0.2, -0.15) is 0 Å². The van der Waals surface area contributed by atoms with Crippen LogP contribution in [0.1, 0.15) is 50.2 Å². The maximum Gasteiger partial charge on any atom is 0.264 e. The summed E-state index contributed by atoms with van der Waals surface area (Å²) in [6.45, 7) is 5.04. The maximum atomic E-state index is 12.4. The lowest BCUT2D eigenvalue weighted by Crippen LogP contribution is -2.48. The number of rotatable bonds is 5. The minimum atomic E-state index is -3.96. The van der Waals surface area contributed by atoms with Crippen molar-refractivity contribution >= 4 is 21.8 Å². The summed E-state index contributed by atoms with van der Waals surface area (Å²) >= 11 is 0. The number of nitrogens with one attached hydrogen (secondary N) is 2. The molecule has 1 unspecified atom stereocenters. The third kappa shape index (κ3) is 5.04. The van der Waals surface area contributed by atoms with Crippen LogP contribution in [0.2, 0.25) is 0 Å². The Kier molecular flexibility index (Phi) is 6.21. The van der Waals surface area contributed by atoms with E-state index in [0.717, 1.165) is 37.7 Å². The Hall–Kier alpha value is -1.89. The second-order valence-corrected chi connectivity index (χ2v) is 8.45. The fourth-order valence-corrected chi connectivity index (χ4v) is 4.42. The summed E-state index contributed by atoms with van der Waals surface area (Å²) in [6.07, 6.45) is 4.80. The van der Waals surface area contributed by atoms with Gasteiger partial charge >= 0.3 is 0 Å².